The Bertz CT molecular complexity index is 402. The molecule has 0 N–H and O–H groups in total. The van der Waals surface area contributed by atoms with Gasteiger partial charge < -0.3 is 4.57 Å². The third-order valence-electron chi connectivity index (χ3n) is 4.01. The molecule has 0 radical (unpaired) electrons. The molecule has 1 aliphatic carbocycles. The highest BCUT2D eigenvalue weighted by molar-refractivity contribution is 5.01. The molecule has 0 aromatic carbocycles. The van der Waals surface area contributed by atoms with Crippen LogP contribution in [0.15, 0.2) is 12.4 Å². The molecule has 1 aliphatic rings. The predicted molar refractivity (Wildman–Crippen MR) is 67.4 cm³/mol. The van der Waals surface area contributed by atoms with Crippen LogP contribution in [0.5, 0.6) is 0 Å². The molecule has 0 spiro atoms. The van der Waals surface area contributed by atoms with E-state index in [1.54, 1.807) is 0 Å². The van der Waals surface area contributed by atoms with E-state index in [2.05, 4.69) is 22.5 Å². The van der Waals surface area contributed by atoms with Crippen LogP contribution in [0.3, 0.4) is 0 Å². The third-order valence-corrected chi connectivity index (χ3v) is 4.01. The molecule has 3 atom stereocenters. The van der Waals surface area contributed by atoms with Crippen LogP contribution in [0.4, 0.5) is 0 Å². The summed E-state index contributed by atoms with van der Waals surface area (Å²) in [5, 5.41) is 9.28. The molecule has 0 bridgehead atoms. The van der Waals surface area contributed by atoms with Crippen molar-refractivity contribution in [1.82, 2.24) is 9.55 Å². The summed E-state index contributed by atoms with van der Waals surface area (Å²) in [4.78, 5) is 4.29. The molecule has 3 heteroatoms. The monoisotopic (exact) mass is 231 g/mol. The fourth-order valence-corrected chi connectivity index (χ4v) is 3.10. The lowest BCUT2D eigenvalue weighted by atomic mass is 9.77. The van der Waals surface area contributed by atoms with E-state index in [9.17, 15) is 5.26 Å². The molecule has 1 heterocycles. The van der Waals surface area contributed by atoms with Gasteiger partial charge in [-0.15, -0.1) is 0 Å². The van der Waals surface area contributed by atoms with Gasteiger partial charge in [0.2, 0.25) is 0 Å². The first-order valence-corrected chi connectivity index (χ1v) is 6.65. The topological polar surface area (TPSA) is 41.6 Å². The standard InChI is InChI=1S/C14H21N3/c1-3-4-12-5-6-13(10-15)14(9-12)17-8-7-16-11(17)2/h7-8,12-14H,3-6,9H2,1-2H3. The Morgan fingerprint density at radius 2 is 2.35 bits per heavy atom. The predicted octanol–water partition coefficient (Wildman–Crippen LogP) is 3.47. The number of hydrogen-bond acceptors (Lipinski definition) is 2. The van der Waals surface area contributed by atoms with Crippen molar-refractivity contribution in [3.05, 3.63) is 18.2 Å². The van der Waals surface area contributed by atoms with Crippen LogP contribution >= 0.6 is 0 Å². The van der Waals surface area contributed by atoms with Gasteiger partial charge in [0.1, 0.15) is 5.82 Å². The molecular formula is C14H21N3. The average Bonchev–Trinajstić information content (AvgIpc) is 2.76. The van der Waals surface area contributed by atoms with Crippen LogP contribution in [-0.4, -0.2) is 9.55 Å². The van der Waals surface area contributed by atoms with Crippen molar-refractivity contribution in [3.63, 3.8) is 0 Å². The highest BCUT2D eigenvalue weighted by Gasteiger charge is 2.31. The summed E-state index contributed by atoms with van der Waals surface area (Å²) in [6.07, 6.45) is 9.81. The van der Waals surface area contributed by atoms with Crippen molar-refractivity contribution < 1.29 is 0 Å². The fourth-order valence-electron chi connectivity index (χ4n) is 3.10. The van der Waals surface area contributed by atoms with E-state index < -0.39 is 0 Å². The number of nitriles is 1. The van der Waals surface area contributed by atoms with Crippen LogP contribution in [-0.2, 0) is 0 Å². The minimum Gasteiger partial charge on any atom is -0.331 e. The van der Waals surface area contributed by atoms with Gasteiger partial charge in [0, 0.05) is 12.4 Å². The van der Waals surface area contributed by atoms with Crippen LogP contribution < -0.4 is 0 Å². The Hall–Kier alpha value is -1.30. The highest BCUT2D eigenvalue weighted by atomic mass is 15.1. The first-order chi connectivity index (χ1) is 8.26. The maximum Gasteiger partial charge on any atom is 0.105 e. The van der Waals surface area contributed by atoms with Gasteiger partial charge in [-0.2, -0.15) is 5.26 Å². The van der Waals surface area contributed by atoms with Gasteiger partial charge in [0.25, 0.3) is 0 Å². The summed E-state index contributed by atoms with van der Waals surface area (Å²) in [5.41, 5.74) is 0. The smallest absolute Gasteiger partial charge is 0.105 e. The number of nitrogens with zero attached hydrogens (tertiary/aromatic N) is 3. The van der Waals surface area contributed by atoms with Gasteiger partial charge in [0.05, 0.1) is 18.0 Å². The summed E-state index contributed by atoms with van der Waals surface area (Å²) >= 11 is 0. The number of aryl methyl sites for hydroxylation is 1. The van der Waals surface area contributed by atoms with E-state index in [4.69, 9.17) is 0 Å². The number of aromatic nitrogens is 2. The molecule has 1 aromatic rings. The lowest BCUT2D eigenvalue weighted by Gasteiger charge is -2.34. The maximum atomic E-state index is 9.28. The van der Waals surface area contributed by atoms with Crippen LogP contribution in [0, 0.1) is 30.1 Å². The molecule has 1 fully saturated rings. The average molecular weight is 231 g/mol. The lowest BCUT2D eigenvalue weighted by molar-refractivity contribution is 0.209. The zero-order valence-electron chi connectivity index (χ0n) is 10.8. The van der Waals surface area contributed by atoms with Crippen molar-refractivity contribution in [1.29, 1.82) is 5.26 Å². The molecular weight excluding hydrogens is 210 g/mol. The van der Waals surface area contributed by atoms with Gasteiger partial charge in [-0.1, -0.05) is 19.8 Å². The summed E-state index contributed by atoms with van der Waals surface area (Å²) in [5.74, 6) is 1.99. The minimum atomic E-state index is 0.163. The van der Waals surface area contributed by atoms with Crippen molar-refractivity contribution in [2.75, 3.05) is 0 Å². The van der Waals surface area contributed by atoms with Crippen LogP contribution in [0.2, 0.25) is 0 Å². The number of hydrogen-bond donors (Lipinski definition) is 0. The largest absolute Gasteiger partial charge is 0.331 e. The summed E-state index contributed by atoms with van der Waals surface area (Å²) in [6, 6.07) is 2.82. The molecule has 0 saturated heterocycles. The molecule has 3 nitrogen and oxygen atoms in total. The van der Waals surface area contributed by atoms with E-state index >= 15 is 0 Å². The SMILES string of the molecule is CCCC1CCC(C#N)C(n2ccnc2C)C1. The van der Waals surface area contributed by atoms with Gasteiger partial charge in [-0.25, -0.2) is 4.98 Å². The van der Waals surface area contributed by atoms with Gasteiger partial charge >= 0.3 is 0 Å². The molecule has 0 amide bonds. The Kier molecular flexibility index (Phi) is 3.83. The summed E-state index contributed by atoms with van der Waals surface area (Å²) < 4.78 is 2.20. The van der Waals surface area contributed by atoms with Crippen LogP contribution in [0.25, 0.3) is 0 Å². The third kappa shape index (κ3) is 2.52. The van der Waals surface area contributed by atoms with E-state index in [1.165, 1.54) is 19.3 Å². The van der Waals surface area contributed by atoms with Crippen molar-refractivity contribution in [3.8, 4) is 6.07 Å². The highest BCUT2D eigenvalue weighted by Crippen LogP contribution is 2.39. The van der Waals surface area contributed by atoms with E-state index in [1.807, 2.05) is 19.3 Å². The minimum absolute atomic E-state index is 0.163. The maximum absolute atomic E-state index is 9.28. The number of imidazole rings is 1. The molecule has 2 rings (SSSR count). The van der Waals surface area contributed by atoms with Gasteiger partial charge in [-0.05, 0) is 32.1 Å². The fraction of sp³-hybridized carbons (Fsp3) is 0.714. The Balaban J connectivity index is 2.16. The quantitative estimate of drug-likeness (QED) is 0.799. The summed E-state index contributed by atoms with van der Waals surface area (Å²) in [7, 11) is 0. The summed E-state index contributed by atoms with van der Waals surface area (Å²) in [6.45, 7) is 4.27. The first-order valence-electron chi connectivity index (χ1n) is 6.65. The Morgan fingerprint density at radius 1 is 1.53 bits per heavy atom. The van der Waals surface area contributed by atoms with Crippen molar-refractivity contribution in [2.45, 2.75) is 52.0 Å². The molecule has 1 saturated carbocycles. The zero-order chi connectivity index (χ0) is 12.3. The second-order valence-electron chi connectivity index (χ2n) is 5.15. The molecule has 17 heavy (non-hydrogen) atoms. The first kappa shape index (κ1) is 12.2. The van der Waals surface area contributed by atoms with Crippen LogP contribution in [0.1, 0.15) is 50.9 Å². The molecule has 0 aliphatic heterocycles. The zero-order valence-corrected chi connectivity index (χ0v) is 10.8. The number of rotatable bonds is 3. The Morgan fingerprint density at radius 3 is 2.94 bits per heavy atom. The second kappa shape index (κ2) is 5.35. The van der Waals surface area contributed by atoms with Crippen molar-refractivity contribution >= 4 is 0 Å². The van der Waals surface area contributed by atoms with E-state index in [0.29, 0.717) is 6.04 Å². The molecule has 92 valence electrons. The van der Waals surface area contributed by atoms with E-state index in [0.717, 1.165) is 24.6 Å². The normalized spacial score (nSPS) is 28.9. The van der Waals surface area contributed by atoms with Crippen molar-refractivity contribution in [2.24, 2.45) is 11.8 Å². The Labute approximate surface area is 103 Å². The lowest BCUT2D eigenvalue weighted by Crippen LogP contribution is -2.27. The van der Waals surface area contributed by atoms with Gasteiger partial charge in [-0.3, -0.25) is 0 Å². The second-order valence-corrected chi connectivity index (χ2v) is 5.15. The molecule has 1 aromatic heterocycles. The van der Waals surface area contributed by atoms with Gasteiger partial charge in [0.15, 0.2) is 0 Å². The van der Waals surface area contributed by atoms with E-state index in [-0.39, 0.29) is 5.92 Å². The molecule has 3 unspecified atom stereocenters.